The SMILES string of the molecule is CCCCCCCCCCCCCC(=O)c1cc(C(=O)O)ccc1C(=O)O. The molecule has 1 aromatic carbocycles. The molecule has 0 aromatic heterocycles. The molecule has 0 saturated heterocycles. The summed E-state index contributed by atoms with van der Waals surface area (Å²) in [5.41, 5.74) is -0.204. The number of carboxylic acids is 2. The van der Waals surface area contributed by atoms with Gasteiger partial charge in [-0.15, -0.1) is 0 Å². The van der Waals surface area contributed by atoms with E-state index in [2.05, 4.69) is 6.92 Å². The van der Waals surface area contributed by atoms with Crippen molar-refractivity contribution in [1.82, 2.24) is 0 Å². The molecule has 0 fully saturated rings. The molecule has 0 spiro atoms. The molecule has 27 heavy (non-hydrogen) atoms. The molecule has 150 valence electrons. The maximum Gasteiger partial charge on any atom is 0.336 e. The van der Waals surface area contributed by atoms with Gasteiger partial charge in [-0.1, -0.05) is 71.1 Å². The minimum atomic E-state index is -1.21. The molecule has 5 heteroatoms. The number of carbonyl (C=O) groups excluding carboxylic acids is 1. The Hall–Kier alpha value is -2.17. The van der Waals surface area contributed by atoms with Gasteiger partial charge < -0.3 is 10.2 Å². The molecule has 2 N–H and O–H groups in total. The fourth-order valence-electron chi connectivity index (χ4n) is 3.18. The second kappa shape index (κ2) is 13.1. The van der Waals surface area contributed by atoms with Gasteiger partial charge in [-0.3, -0.25) is 4.79 Å². The molecular formula is C22H32O5. The number of carbonyl (C=O) groups is 3. The molecule has 0 amide bonds. The Morgan fingerprint density at radius 3 is 1.70 bits per heavy atom. The number of hydrogen-bond acceptors (Lipinski definition) is 3. The standard InChI is InChI=1S/C22H32O5/c1-2-3-4-5-6-7-8-9-10-11-12-13-20(23)19-16-17(21(24)25)14-15-18(19)22(26)27/h14-16H,2-13H2,1H3,(H,24,25)(H,26,27). The molecule has 0 radical (unpaired) electrons. The Morgan fingerprint density at radius 2 is 1.22 bits per heavy atom. The van der Waals surface area contributed by atoms with Crippen LogP contribution in [0, 0.1) is 0 Å². The van der Waals surface area contributed by atoms with E-state index in [-0.39, 0.29) is 28.9 Å². The van der Waals surface area contributed by atoms with E-state index < -0.39 is 11.9 Å². The third-order valence-electron chi connectivity index (χ3n) is 4.80. The van der Waals surface area contributed by atoms with Gasteiger partial charge in [0.25, 0.3) is 0 Å². The van der Waals surface area contributed by atoms with Crippen LogP contribution in [-0.4, -0.2) is 27.9 Å². The molecule has 0 aliphatic rings. The van der Waals surface area contributed by atoms with E-state index in [4.69, 9.17) is 5.11 Å². The first kappa shape index (κ1) is 22.9. The molecule has 5 nitrogen and oxygen atoms in total. The van der Waals surface area contributed by atoms with Gasteiger partial charge in [0, 0.05) is 12.0 Å². The number of benzene rings is 1. The van der Waals surface area contributed by atoms with Crippen LogP contribution < -0.4 is 0 Å². The number of ketones is 1. The van der Waals surface area contributed by atoms with Crippen LogP contribution in [0.3, 0.4) is 0 Å². The number of carboxylic acid groups (broad SMARTS) is 2. The van der Waals surface area contributed by atoms with Gasteiger partial charge in [-0.2, -0.15) is 0 Å². The largest absolute Gasteiger partial charge is 0.478 e. The fourth-order valence-corrected chi connectivity index (χ4v) is 3.18. The summed E-state index contributed by atoms with van der Waals surface area (Å²) in [5.74, 6) is -2.68. The van der Waals surface area contributed by atoms with E-state index in [0.717, 1.165) is 19.3 Å². The van der Waals surface area contributed by atoms with Crippen molar-refractivity contribution in [2.24, 2.45) is 0 Å². The quantitative estimate of drug-likeness (QED) is 0.291. The summed E-state index contributed by atoms with van der Waals surface area (Å²) < 4.78 is 0. The second-order valence-electron chi connectivity index (χ2n) is 7.08. The van der Waals surface area contributed by atoms with Crippen molar-refractivity contribution in [3.05, 3.63) is 34.9 Å². The number of hydrogen-bond donors (Lipinski definition) is 2. The number of unbranched alkanes of at least 4 members (excludes halogenated alkanes) is 10. The first-order valence-electron chi connectivity index (χ1n) is 10.1. The molecular weight excluding hydrogens is 344 g/mol. The highest BCUT2D eigenvalue weighted by molar-refractivity contribution is 6.07. The molecule has 0 unspecified atom stereocenters. The lowest BCUT2D eigenvalue weighted by molar-refractivity contribution is 0.0678. The van der Waals surface area contributed by atoms with Crippen LogP contribution in [0.5, 0.6) is 0 Å². The van der Waals surface area contributed by atoms with Crippen molar-refractivity contribution in [1.29, 1.82) is 0 Å². The molecule has 0 heterocycles. The summed E-state index contributed by atoms with van der Waals surface area (Å²) in [7, 11) is 0. The van der Waals surface area contributed by atoms with Gasteiger partial charge in [0.15, 0.2) is 5.78 Å². The molecule has 0 bridgehead atoms. The Labute approximate surface area is 161 Å². The van der Waals surface area contributed by atoms with Crippen molar-refractivity contribution in [3.8, 4) is 0 Å². The predicted molar refractivity (Wildman–Crippen MR) is 106 cm³/mol. The van der Waals surface area contributed by atoms with Gasteiger partial charge in [0.05, 0.1) is 11.1 Å². The van der Waals surface area contributed by atoms with Crippen molar-refractivity contribution in [2.75, 3.05) is 0 Å². The molecule has 0 aliphatic carbocycles. The lowest BCUT2D eigenvalue weighted by Crippen LogP contribution is -2.11. The smallest absolute Gasteiger partial charge is 0.336 e. The van der Waals surface area contributed by atoms with E-state index in [1.54, 1.807) is 0 Å². The molecule has 1 rings (SSSR count). The van der Waals surface area contributed by atoms with E-state index >= 15 is 0 Å². The summed E-state index contributed by atoms with van der Waals surface area (Å²) >= 11 is 0. The zero-order chi connectivity index (χ0) is 20.1. The second-order valence-corrected chi connectivity index (χ2v) is 7.08. The highest BCUT2D eigenvalue weighted by atomic mass is 16.4. The maximum absolute atomic E-state index is 12.3. The van der Waals surface area contributed by atoms with Crippen LogP contribution >= 0.6 is 0 Å². The van der Waals surface area contributed by atoms with Crippen molar-refractivity contribution >= 4 is 17.7 Å². The maximum atomic E-state index is 12.3. The molecule has 0 saturated carbocycles. The zero-order valence-corrected chi connectivity index (χ0v) is 16.3. The van der Waals surface area contributed by atoms with Gasteiger partial charge >= 0.3 is 11.9 Å². The van der Waals surface area contributed by atoms with Crippen molar-refractivity contribution in [3.63, 3.8) is 0 Å². The van der Waals surface area contributed by atoms with E-state index in [1.807, 2.05) is 0 Å². The van der Waals surface area contributed by atoms with Crippen LogP contribution in [-0.2, 0) is 0 Å². The topological polar surface area (TPSA) is 91.7 Å². The third kappa shape index (κ3) is 8.85. The average molecular weight is 376 g/mol. The minimum Gasteiger partial charge on any atom is -0.478 e. The lowest BCUT2D eigenvalue weighted by Gasteiger charge is -2.07. The van der Waals surface area contributed by atoms with Crippen LogP contribution in [0.25, 0.3) is 0 Å². The predicted octanol–water partition coefficient (Wildman–Crippen LogP) is 5.97. The Balaban J connectivity index is 2.31. The normalized spacial score (nSPS) is 10.7. The summed E-state index contributed by atoms with van der Waals surface area (Å²) in [6.07, 6.45) is 13.2. The van der Waals surface area contributed by atoms with Gasteiger partial charge in [-0.25, -0.2) is 9.59 Å². The van der Waals surface area contributed by atoms with Crippen LogP contribution in [0.2, 0.25) is 0 Å². The summed E-state index contributed by atoms with van der Waals surface area (Å²) in [6, 6.07) is 3.58. The summed E-state index contributed by atoms with van der Waals surface area (Å²) in [6.45, 7) is 2.22. The minimum absolute atomic E-state index is 0.00511. The highest BCUT2D eigenvalue weighted by Crippen LogP contribution is 2.17. The van der Waals surface area contributed by atoms with Crippen LogP contribution in [0.1, 0.15) is 115 Å². The number of aromatic carboxylic acids is 2. The first-order chi connectivity index (χ1) is 13.0. The van der Waals surface area contributed by atoms with Gasteiger partial charge in [-0.05, 0) is 24.6 Å². The lowest BCUT2D eigenvalue weighted by atomic mass is 9.97. The molecule has 1 aromatic rings. The highest BCUT2D eigenvalue weighted by Gasteiger charge is 2.18. The van der Waals surface area contributed by atoms with Gasteiger partial charge in [0.1, 0.15) is 0 Å². The fraction of sp³-hybridized carbons (Fsp3) is 0.591. The van der Waals surface area contributed by atoms with E-state index in [9.17, 15) is 19.5 Å². The first-order valence-corrected chi connectivity index (χ1v) is 10.1. The monoisotopic (exact) mass is 376 g/mol. The zero-order valence-electron chi connectivity index (χ0n) is 16.3. The molecule has 0 atom stereocenters. The molecule has 0 aliphatic heterocycles. The van der Waals surface area contributed by atoms with Crippen molar-refractivity contribution in [2.45, 2.75) is 84.0 Å². The number of rotatable bonds is 15. The Bertz CT molecular complexity index is 621. The third-order valence-corrected chi connectivity index (χ3v) is 4.80. The summed E-state index contributed by atoms with van der Waals surface area (Å²) in [5, 5.41) is 18.2. The number of Topliss-reactive ketones (excluding diaryl/α,β-unsaturated/α-hetero) is 1. The Morgan fingerprint density at radius 1 is 0.704 bits per heavy atom. The van der Waals surface area contributed by atoms with Crippen LogP contribution in [0.15, 0.2) is 18.2 Å². The van der Waals surface area contributed by atoms with E-state index in [0.29, 0.717) is 6.42 Å². The van der Waals surface area contributed by atoms with Gasteiger partial charge in [0.2, 0.25) is 0 Å². The Kier molecular flexibility index (Phi) is 11.1. The average Bonchev–Trinajstić information content (AvgIpc) is 2.65. The summed E-state index contributed by atoms with van der Waals surface area (Å²) in [4.78, 5) is 34.7. The van der Waals surface area contributed by atoms with Crippen LogP contribution in [0.4, 0.5) is 0 Å². The van der Waals surface area contributed by atoms with E-state index in [1.165, 1.54) is 63.1 Å². The van der Waals surface area contributed by atoms with Crippen molar-refractivity contribution < 1.29 is 24.6 Å².